The molecule has 2 atom stereocenters. The molecule has 1 aliphatic rings. The molecule has 2 rings (SSSR count). The number of nitrogens with one attached hydrogen (secondary N) is 1. The monoisotopic (exact) mass is 297 g/mol. The quantitative estimate of drug-likeness (QED) is 0.897. The molecule has 0 saturated carbocycles. The molecule has 6 nitrogen and oxygen atoms in total. The average molecular weight is 297 g/mol. The van der Waals surface area contributed by atoms with E-state index in [1.165, 1.54) is 7.11 Å². The Labute approximate surface area is 121 Å². The van der Waals surface area contributed by atoms with E-state index in [1.54, 1.807) is 23.2 Å². The first-order chi connectivity index (χ1) is 9.61. The average Bonchev–Trinajstić information content (AvgIpc) is 2.62. The van der Waals surface area contributed by atoms with E-state index in [2.05, 4.69) is 10.3 Å². The minimum atomic E-state index is -0.851. The highest BCUT2D eigenvalue weighted by Gasteiger charge is 2.23. The summed E-state index contributed by atoms with van der Waals surface area (Å²) in [5.41, 5.74) is 0.540. The van der Waals surface area contributed by atoms with Gasteiger partial charge in [-0.25, -0.2) is 9.78 Å². The van der Waals surface area contributed by atoms with Crippen molar-refractivity contribution in [3.05, 3.63) is 18.3 Å². The van der Waals surface area contributed by atoms with Crippen LogP contribution in [0.3, 0.4) is 0 Å². The predicted octanol–water partition coefficient (Wildman–Crippen LogP) is 1.46. The fourth-order valence-corrected chi connectivity index (χ4v) is 3.20. The summed E-state index contributed by atoms with van der Waals surface area (Å²) < 4.78 is 16.9. The van der Waals surface area contributed by atoms with Crippen LogP contribution in [0.25, 0.3) is 0 Å². The van der Waals surface area contributed by atoms with E-state index < -0.39 is 10.8 Å². The van der Waals surface area contributed by atoms with Gasteiger partial charge in [0, 0.05) is 41.1 Å². The number of methoxy groups -OCH3 is 1. The zero-order valence-electron chi connectivity index (χ0n) is 11.7. The lowest BCUT2D eigenvalue weighted by Crippen LogP contribution is -2.37. The number of amides is 2. The van der Waals surface area contributed by atoms with Crippen LogP contribution in [0.2, 0.25) is 0 Å². The Morgan fingerprint density at radius 1 is 1.55 bits per heavy atom. The molecule has 20 heavy (non-hydrogen) atoms. The van der Waals surface area contributed by atoms with Gasteiger partial charge in [0.25, 0.3) is 0 Å². The van der Waals surface area contributed by atoms with Crippen molar-refractivity contribution in [3.63, 3.8) is 0 Å². The third-order valence-electron chi connectivity index (χ3n) is 3.31. The van der Waals surface area contributed by atoms with E-state index in [0.29, 0.717) is 30.4 Å². The maximum Gasteiger partial charge on any atom is 0.322 e. The summed E-state index contributed by atoms with van der Waals surface area (Å²) >= 11 is 0. The van der Waals surface area contributed by atoms with Gasteiger partial charge in [0.2, 0.25) is 5.88 Å². The molecule has 1 saturated heterocycles. The number of carbonyl (C=O) groups excluding carboxylic acids is 1. The van der Waals surface area contributed by atoms with Gasteiger partial charge in [-0.2, -0.15) is 0 Å². The maximum absolute atomic E-state index is 12.2. The Balaban J connectivity index is 2.03. The van der Waals surface area contributed by atoms with Crippen molar-refractivity contribution >= 4 is 22.5 Å². The van der Waals surface area contributed by atoms with Crippen LogP contribution in [0, 0.1) is 0 Å². The number of carbonyl (C=O) groups is 1. The Hall–Kier alpha value is -1.63. The van der Waals surface area contributed by atoms with Crippen LogP contribution in [-0.4, -0.2) is 51.3 Å². The van der Waals surface area contributed by atoms with Gasteiger partial charge in [0.05, 0.1) is 7.11 Å². The minimum Gasteiger partial charge on any atom is -0.480 e. The number of hydrogen-bond donors (Lipinski definition) is 1. The van der Waals surface area contributed by atoms with Gasteiger partial charge in [-0.1, -0.05) is 6.92 Å². The molecule has 0 spiro atoms. The molecule has 0 unspecified atom stereocenters. The van der Waals surface area contributed by atoms with E-state index in [0.717, 1.165) is 6.42 Å². The molecule has 0 radical (unpaired) electrons. The summed E-state index contributed by atoms with van der Waals surface area (Å²) in [6.07, 6.45) is 2.36. The Bertz CT molecular complexity index is 509. The summed E-state index contributed by atoms with van der Waals surface area (Å²) in [6, 6.07) is 3.27. The summed E-state index contributed by atoms with van der Waals surface area (Å²) in [4.78, 5) is 18.0. The van der Waals surface area contributed by atoms with Gasteiger partial charge in [0.1, 0.15) is 5.69 Å². The normalized spacial score (nSPS) is 23.0. The first-order valence-corrected chi connectivity index (χ1v) is 7.92. The molecule has 0 aromatic carbocycles. The third-order valence-corrected chi connectivity index (χ3v) is 5.03. The standard InChI is InChI=1S/C13H19N3O3S/c1-10-5-7-16(8-9-20(10)18)13(17)15-11-4-3-6-14-12(11)19-2/h3-4,6,10H,5,7-9H2,1-2H3,(H,15,17)/t10-,20-/m1/s1. The van der Waals surface area contributed by atoms with E-state index in [4.69, 9.17) is 4.74 Å². The molecule has 1 aliphatic heterocycles. The number of pyridine rings is 1. The number of rotatable bonds is 2. The van der Waals surface area contributed by atoms with Crippen LogP contribution < -0.4 is 10.1 Å². The molecule has 1 fully saturated rings. The Morgan fingerprint density at radius 2 is 2.35 bits per heavy atom. The van der Waals surface area contributed by atoms with E-state index in [1.807, 2.05) is 6.92 Å². The molecular formula is C13H19N3O3S. The number of urea groups is 1. The smallest absolute Gasteiger partial charge is 0.322 e. The predicted molar refractivity (Wildman–Crippen MR) is 78.5 cm³/mol. The minimum absolute atomic E-state index is 0.140. The summed E-state index contributed by atoms with van der Waals surface area (Å²) in [6.45, 7) is 3.08. The lowest BCUT2D eigenvalue weighted by atomic mass is 10.3. The van der Waals surface area contributed by atoms with Crippen LogP contribution >= 0.6 is 0 Å². The van der Waals surface area contributed by atoms with Gasteiger partial charge in [-0.15, -0.1) is 0 Å². The fraction of sp³-hybridized carbons (Fsp3) is 0.538. The molecule has 1 aromatic heterocycles. The highest BCUT2D eigenvalue weighted by Crippen LogP contribution is 2.20. The number of anilines is 1. The molecule has 2 heterocycles. The maximum atomic E-state index is 12.2. The van der Waals surface area contributed by atoms with Crippen molar-refractivity contribution in [2.24, 2.45) is 0 Å². The van der Waals surface area contributed by atoms with E-state index in [-0.39, 0.29) is 11.3 Å². The summed E-state index contributed by atoms with van der Waals surface area (Å²) in [5.74, 6) is 0.909. The second kappa shape index (κ2) is 6.69. The van der Waals surface area contributed by atoms with Gasteiger partial charge in [-0.3, -0.25) is 4.21 Å². The van der Waals surface area contributed by atoms with Gasteiger partial charge in [0.15, 0.2) is 0 Å². The van der Waals surface area contributed by atoms with E-state index in [9.17, 15) is 9.00 Å². The van der Waals surface area contributed by atoms with Gasteiger partial charge >= 0.3 is 6.03 Å². The van der Waals surface area contributed by atoms with Crippen LogP contribution in [0.5, 0.6) is 5.88 Å². The molecule has 7 heteroatoms. The zero-order valence-corrected chi connectivity index (χ0v) is 12.5. The molecule has 2 amide bonds. The second-order valence-corrected chi connectivity index (χ2v) is 6.64. The van der Waals surface area contributed by atoms with Crippen molar-refractivity contribution < 1.29 is 13.7 Å². The SMILES string of the molecule is COc1ncccc1NC(=O)N1CC[C@@H](C)[S@](=O)CC1. The molecule has 0 aliphatic carbocycles. The second-order valence-electron chi connectivity index (χ2n) is 4.66. The molecule has 0 bridgehead atoms. The highest BCUT2D eigenvalue weighted by molar-refractivity contribution is 7.85. The van der Waals surface area contributed by atoms with Crippen molar-refractivity contribution in [1.82, 2.24) is 9.88 Å². The molecule has 1 N–H and O–H groups in total. The zero-order chi connectivity index (χ0) is 14.5. The molecular weight excluding hydrogens is 278 g/mol. The van der Waals surface area contributed by atoms with Crippen molar-refractivity contribution in [3.8, 4) is 5.88 Å². The number of aromatic nitrogens is 1. The van der Waals surface area contributed by atoms with Crippen molar-refractivity contribution in [2.45, 2.75) is 18.6 Å². The largest absolute Gasteiger partial charge is 0.480 e. The lowest BCUT2D eigenvalue weighted by Gasteiger charge is -2.20. The third kappa shape index (κ3) is 3.47. The van der Waals surface area contributed by atoms with E-state index >= 15 is 0 Å². The molecule has 110 valence electrons. The fourth-order valence-electron chi connectivity index (χ4n) is 2.03. The summed E-state index contributed by atoms with van der Waals surface area (Å²) in [5, 5.41) is 2.93. The summed E-state index contributed by atoms with van der Waals surface area (Å²) in [7, 11) is 0.658. The topological polar surface area (TPSA) is 71.5 Å². The number of ether oxygens (including phenoxy) is 1. The lowest BCUT2D eigenvalue weighted by molar-refractivity contribution is 0.215. The highest BCUT2D eigenvalue weighted by atomic mass is 32.2. The Morgan fingerprint density at radius 3 is 3.10 bits per heavy atom. The molecule has 1 aromatic rings. The van der Waals surface area contributed by atoms with Crippen LogP contribution in [0.15, 0.2) is 18.3 Å². The number of hydrogen-bond acceptors (Lipinski definition) is 4. The van der Waals surface area contributed by atoms with Gasteiger partial charge < -0.3 is 15.0 Å². The number of nitrogens with zero attached hydrogens (tertiary/aromatic N) is 2. The first-order valence-electron chi connectivity index (χ1n) is 6.54. The van der Waals surface area contributed by atoms with Crippen LogP contribution in [0.4, 0.5) is 10.5 Å². The van der Waals surface area contributed by atoms with Crippen LogP contribution in [-0.2, 0) is 10.8 Å². The van der Waals surface area contributed by atoms with Crippen molar-refractivity contribution in [1.29, 1.82) is 0 Å². The van der Waals surface area contributed by atoms with Crippen molar-refractivity contribution in [2.75, 3.05) is 31.3 Å². The Kier molecular flexibility index (Phi) is 4.94. The van der Waals surface area contributed by atoms with Crippen LogP contribution in [0.1, 0.15) is 13.3 Å². The first kappa shape index (κ1) is 14.8. The van der Waals surface area contributed by atoms with Gasteiger partial charge in [-0.05, 0) is 18.6 Å².